The molecule has 1 unspecified atom stereocenters. The zero-order valence-corrected chi connectivity index (χ0v) is 19.7. The number of aromatic nitrogens is 5. The summed E-state index contributed by atoms with van der Waals surface area (Å²) in [6.45, 7) is 4.92. The Balaban J connectivity index is 1.39. The van der Waals surface area contributed by atoms with Gasteiger partial charge in [-0.05, 0) is 56.5 Å². The van der Waals surface area contributed by atoms with Crippen LogP contribution in [0, 0.1) is 13.8 Å². The largest absolute Gasteiger partial charge is 0.359 e. The van der Waals surface area contributed by atoms with Crippen LogP contribution in [0.5, 0.6) is 0 Å². The Morgan fingerprint density at radius 2 is 2.03 bits per heavy atom. The van der Waals surface area contributed by atoms with E-state index in [1.54, 1.807) is 24.2 Å². The Hall–Kier alpha value is -3.72. The molecule has 34 heavy (non-hydrogen) atoms. The summed E-state index contributed by atoms with van der Waals surface area (Å²) in [5, 5.41) is 16.6. The monoisotopic (exact) mass is 477 g/mol. The van der Waals surface area contributed by atoms with E-state index in [2.05, 4.69) is 30.2 Å². The van der Waals surface area contributed by atoms with Crippen LogP contribution in [0.15, 0.2) is 53.3 Å². The Bertz CT molecular complexity index is 1300. The summed E-state index contributed by atoms with van der Waals surface area (Å²) in [7, 11) is 0. The van der Waals surface area contributed by atoms with Gasteiger partial charge in [0, 0.05) is 29.5 Å². The third kappa shape index (κ3) is 4.26. The third-order valence-corrected chi connectivity index (χ3v) is 6.31. The summed E-state index contributed by atoms with van der Waals surface area (Å²) in [5.74, 6) is 2.10. The van der Waals surface area contributed by atoms with Crippen LogP contribution in [0.2, 0.25) is 5.02 Å². The number of nitrogens with zero attached hydrogens (tertiary/aromatic N) is 6. The number of amides is 2. The lowest BCUT2D eigenvalue weighted by molar-refractivity contribution is 0.203. The summed E-state index contributed by atoms with van der Waals surface area (Å²) in [6.07, 6.45) is 5.06. The van der Waals surface area contributed by atoms with Crippen molar-refractivity contribution in [3.8, 4) is 11.3 Å². The topological polar surface area (TPSA) is 102 Å². The predicted molar refractivity (Wildman–Crippen MR) is 127 cm³/mol. The summed E-state index contributed by atoms with van der Waals surface area (Å²) < 4.78 is 7.44. The van der Waals surface area contributed by atoms with Gasteiger partial charge < -0.3 is 19.3 Å². The minimum Gasteiger partial charge on any atom is -0.359 e. The first-order valence-corrected chi connectivity index (χ1v) is 11.5. The molecular formula is C24H24ClN7O2. The molecule has 174 valence electrons. The lowest BCUT2D eigenvalue weighted by Gasteiger charge is -2.25. The van der Waals surface area contributed by atoms with Crippen molar-refractivity contribution in [2.75, 3.05) is 11.9 Å². The molecule has 0 radical (unpaired) electrons. The van der Waals surface area contributed by atoms with Crippen LogP contribution in [0.3, 0.4) is 0 Å². The molecule has 0 aliphatic carbocycles. The molecule has 1 atom stereocenters. The van der Waals surface area contributed by atoms with Crippen molar-refractivity contribution in [3.05, 3.63) is 76.8 Å². The van der Waals surface area contributed by atoms with E-state index in [-0.39, 0.29) is 12.1 Å². The van der Waals surface area contributed by atoms with Gasteiger partial charge in [-0.2, -0.15) is 0 Å². The van der Waals surface area contributed by atoms with E-state index >= 15 is 0 Å². The zero-order chi connectivity index (χ0) is 23.7. The van der Waals surface area contributed by atoms with Crippen LogP contribution >= 0.6 is 11.6 Å². The number of hydrogen-bond donors (Lipinski definition) is 1. The van der Waals surface area contributed by atoms with Gasteiger partial charge in [-0.3, -0.25) is 4.98 Å². The van der Waals surface area contributed by atoms with Crippen molar-refractivity contribution in [1.29, 1.82) is 0 Å². The van der Waals surface area contributed by atoms with E-state index in [1.807, 2.05) is 43.3 Å². The number of rotatable bonds is 5. The number of likely N-dealkylation sites (tertiary alicyclic amines) is 1. The SMILES string of the molecule is Cc1onc(-c2cccnc2)c1NC(=O)N1CCCC1c1nnc(C)n1Cc1ccc(Cl)cc1. The fourth-order valence-electron chi connectivity index (χ4n) is 4.29. The second kappa shape index (κ2) is 9.26. The molecule has 3 aromatic heterocycles. The van der Waals surface area contributed by atoms with Crippen LogP contribution in [0.25, 0.3) is 11.3 Å². The van der Waals surface area contributed by atoms with Crippen molar-refractivity contribution in [2.24, 2.45) is 0 Å². The van der Waals surface area contributed by atoms with Gasteiger partial charge in [-0.15, -0.1) is 10.2 Å². The Morgan fingerprint density at radius 3 is 2.79 bits per heavy atom. The lowest BCUT2D eigenvalue weighted by Crippen LogP contribution is -2.35. The van der Waals surface area contributed by atoms with Gasteiger partial charge in [-0.1, -0.05) is 28.9 Å². The fraction of sp³-hybridized carbons (Fsp3) is 0.292. The van der Waals surface area contributed by atoms with Crippen LogP contribution in [-0.2, 0) is 6.54 Å². The highest BCUT2D eigenvalue weighted by Crippen LogP contribution is 2.34. The molecule has 1 saturated heterocycles. The summed E-state index contributed by atoms with van der Waals surface area (Å²) in [6, 6.07) is 11.0. The molecule has 1 aliphatic rings. The highest BCUT2D eigenvalue weighted by Gasteiger charge is 2.35. The maximum absolute atomic E-state index is 13.4. The van der Waals surface area contributed by atoms with Crippen molar-refractivity contribution < 1.29 is 9.32 Å². The molecule has 0 bridgehead atoms. The minimum absolute atomic E-state index is 0.185. The predicted octanol–water partition coefficient (Wildman–Crippen LogP) is 5.02. The third-order valence-electron chi connectivity index (χ3n) is 6.06. The number of carbonyl (C=O) groups excluding carboxylic acids is 1. The van der Waals surface area contributed by atoms with E-state index in [9.17, 15) is 4.79 Å². The average Bonchev–Trinajstić information content (AvgIpc) is 3.56. The van der Waals surface area contributed by atoms with Gasteiger partial charge in [0.1, 0.15) is 17.2 Å². The van der Waals surface area contributed by atoms with Crippen LogP contribution in [0.1, 0.15) is 41.9 Å². The van der Waals surface area contributed by atoms with E-state index < -0.39 is 0 Å². The van der Waals surface area contributed by atoms with E-state index in [0.29, 0.717) is 35.3 Å². The number of halogens is 1. The quantitative estimate of drug-likeness (QED) is 0.433. The normalized spacial score (nSPS) is 15.6. The number of hydrogen-bond acceptors (Lipinski definition) is 6. The highest BCUT2D eigenvalue weighted by molar-refractivity contribution is 6.30. The molecule has 2 amide bonds. The molecule has 1 aromatic carbocycles. The van der Waals surface area contributed by atoms with Crippen molar-refractivity contribution in [2.45, 2.75) is 39.3 Å². The van der Waals surface area contributed by atoms with Gasteiger partial charge in [0.2, 0.25) is 0 Å². The maximum atomic E-state index is 13.4. The average molecular weight is 478 g/mol. The molecule has 10 heteroatoms. The van der Waals surface area contributed by atoms with Gasteiger partial charge in [-0.25, -0.2) is 4.79 Å². The number of nitrogens with one attached hydrogen (secondary N) is 1. The van der Waals surface area contributed by atoms with Crippen molar-refractivity contribution in [3.63, 3.8) is 0 Å². The molecule has 1 fully saturated rings. The molecule has 4 aromatic rings. The van der Waals surface area contributed by atoms with E-state index in [0.717, 1.165) is 35.6 Å². The molecule has 9 nitrogen and oxygen atoms in total. The first-order valence-electron chi connectivity index (χ1n) is 11.1. The summed E-state index contributed by atoms with van der Waals surface area (Å²) >= 11 is 6.04. The molecule has 0 saturated carbocycles. The zero-order valence-electron chi connectivity index (χ0n) is 18.9. The Morgan fingerprint density at radius 1 is 1.21 bits per heavy atom. The van der Waals surface area contributed by atoms with Gasteiger partial charge in [0.25, 0.3) is 0 Å². The number of benzene rings is 1. The highest BCUT2D eigenvalue weighted by atomic mass is 35.5. The van der Waals surface area contributed by atoms with Crippen LogP contribution in [0.4, 0.5) is 10.5 Å². The number of urea groups is 1. The summed E-state index contributed by atoms with van der Waals surface area (Å²) in [5.41, 5.74) is 2.95. The fourth-order valence-corrected chi connectivity index (χ4v) is 4.41. The molecule has 1 aliphatic heterocycles. The number of pyridine rings is 1. The first-order chi connectivity index (χ1) is 16.5. The number of carbonyl (C=O) groups is 1. The number of anilines is 1. The number of aryl methyl sites for hydroxylation is 2. The first kappa shape index (κ1) is 22.1. The Kier molecular flexibility index (Phi) is 6.02. The Labute approximate surface area is 201 Å². The molecule has 5 rings (SSSR count). The molecular weight excluding hydrogens is 454 g/mol. The van der Waals surface area contributed by atoms with Gasteiger partial charge >= 0.3 is 6.03 Å². The summed E-state index contributed by atoms with van der Waals surface area (Å²) in [4.78, 5) is 19.4. The van der Waals surface area contributed by atoms with Crippen molar-refractivity contribution in [1.82, 2.24) is 29.8 Å². The second-order valence-corrected chi connectivity index (χ2v) is 8.74. The van der Waals surface area contributed by atoms with Gasteiger partial charge in [0.05, 0.1) is 12.6 Å². The minimum atomic E-state index is -0.224. The van der Waals surface area contributed by atoms with Crippen molar-refractivity contribution >= 4 is 23.3 Å². The molecule has 1 N–H and O–H groups in total. The van der Waals surface area contributed by atoms with Gasteiger partial charge in [0.15, 0.2) is 11.6 Å². The molecule has 0 spiro atoms. The lowest BCUT2D eigenvalue weighted by atomic mass is 10.1. The maximum Gasteiger partial charge on any atom is 0.322 e. The second-order valence-electron chi connectivity index (χ2n) is 8.30. The van der Waals surface area contributed by atoms with Crippen LogP contribution < -0.4 is 5.32 Å². The smallest absolute Gasteiger partial charge is 0.322 e. The standard InChI is InChI=1S/C24H24ClN7O2/c1-15-21(22(30-34-15)18-5-3-11-26-13-18)27-24(33)31-12-4-6-20(31)23-29-28-16(2)32(23)14-17-7-9-19(25)10-8-17/h3,5,7-11,13,20H,4,6,12,14H2,1-2H3,(H,27,33). The van der Waals surface area contributed by atoms with E-state index in [1.165, 1.54) is 0 Å². The molecule has 4 heterocycles. The van der Waals surface area contributed by atoms with E-state index in [4.69, 9.17) is 16.1 Å². The van der Waals surface area contributed by atoms with Crippen LogP contribution in [-0.4, -0.2) is 42.4 Å².